The smallest absolute Gasteiger partial charge is 0.249 e. The molecule has 0 fully saturated rings. The van der Waals surface area contributed by atoms with E-state index in [0.29, 0.717) is 12.8 Å². The molecule has 0 radical (unpaired) electrons. The molecule has 6 nitrogen and oxygen atoms in total. The van der Waals surface area contributed by atoms with Crippen molar-refractivity contribution in [3.63, 3.8) is 0 Å². The number of hydrogen-bond acceptors (Lipinski definition) is 5. The van der Waals surface area contributed by atoms with Crippen molar-refractivity contribution in [1.29, 1.82) is 0 Å². The second-order valence-corrected chi connectivity index (χ2v) is 17.9. The molecular formula is C51H101NO5. The Morgan fingerprint density at radius 1 is 0.421 bits per heavy atom. The van der Waals surface area contributed by atoms with Gasteiger partial charge >= 0.3 is 0 Å². The summed E-state index contributed by atoms with van der Waals surface area (Å²) < 4.78 is 0. The highest BCUT2D eigenvalue weighted by Gasteiger charge is 2.28. The van der Waals surface area contributed by atoms with Crippen LogP contribution in [0.4, 0.5) is 0 Å². The zero-order chi connectivity index (χ0) is 41.7. The molecule has 57 heavy (non-hydrogen) atoms. The predicted octanol–water partition coefficient (Wildman–Crippen LogP) is 14.1. The van der Waals surface area contributed by atoms with Gasteiger partial charge in [0.2, 0.25) is 5.91 Å². The Morgan fingerprint density at radius 2 is 0.702 bits per heavy atom. The monoisotopic (exact) mass is 808 g/mol. The van der Waals surface area contributed by atoms with E-state index in [9.17, 15) is 25.2 Å². The van der Waals surface area contributed by atoms with Gasteiger partial charge < -0.3 is 25.7 Å². The van der Waals surface area contributed by atoms with E-state index in [-0.39, 0.29) is 0 Å². The summed E-state index contributed by atoms with van der Waals surface area (Å²) in [5, 5.41) is 43.8. The number of carbonyl (C=O) groups is 1. The fourth-order valence-corrected chi connectivity index (χ4v) is 8.17. The summed E-state index contributed by atoms with van der Waals surface area (Å²) in [5.41, 5.74) is 0. The van der Waals surface area contributed by atoms with Crippen molar-refractivity contribution in [3.05, 3.63) is 12.2 Å². The summed E-state index contributed by atoms with van der Waals surface area (Å²) in [6, 6.07) is -0.982. The molecule has 0 heterocycles. The average Bonchev–Trinajstić information content (AvgIpc) is 3.22. The number of allylic oxidation sites excluding steroid dienone is 2. The lowest BCUT2D eigenvalue weighted by atomic mass is 9.99. The quantitative estimate of drug-likeness (QED) is 0.0311. The number of carbonyl (C=O) groups excluding carboxylic acids is 1. The van der Waals surface area contributed by atoms with Crippen LogP contribution in [0.5, 0.6) is 0 Å². The minimum Gasteiger partial charge on any atom is -0.394 e. The molecule has 1 amide bonds. The van der Waals surface area contributed by atoms with E-state index in [0.717, 1.165) is 38.5 Å². The van der Waals surface area contributed by atoms with Crippen LogP contribution in [0.1, 0.15) is 277 Å². The van der Waals surface area contributed by atoms with Gasteiger partial charge in [-0.25, -0.2) is 0 Å². The number of amides is 1. The van der Waals surface area contributed by atoms with E-state index in [1.165, 1.54) is 212 Å². The number of nitrogens with one attached hydrogen (secondary N) is 1. The molecule has 4 unspecified atom stereocenters. The van der Waals surface area contributed by atoms with Crippen LogP contribution in [0.2, 0.25) is 0 Å². The largest absolute Gasteiger partial charge is 0.394 e. The van der Waals surface area contributed by atoms with Crippen molar-refractivity contribution in [2.45, 2.75) is 301 Å². The zero-order valence-electron chi connectivity index (χ0n) is 38.4. The van der Waals surface area contributed by atoms with Gasteiger partial charge in [-0.05, 0) is 38.5 Å². The van der Waals surface area contributed by atoms with E-state index in [4.69, 9.17) is 0 Å². The summed E-state index contributed by atoms with van der Waals surface area (Å²) in [6.45, 7) is 4.07. The Kier molecular flexibility index (Phi) is 45.4. The number of hydrogen-bond donors (Lipinski definition) is 5. The first kappa shape index (κ1) is 56.0. The number of aliphatic hydroxyl groups is 4. The lowest BCUT2D eigenvalue weighted by Crippen LogP contribution is -2.53. The number of unbranched alkanes of at least 4 members (excludes halogenated alkanes) is 36. The molecule has 0 rings (SSSR count). The maximum atomic E-state index is 12.5. The molecule has 0 aromatic heterocycles. The highest BCUT2D eigenvalue weighted by molar-refractivity contribution is 5.80. The van der Waals surface area contributed by atoms with Crippen LogP contribution in [0.3, 0.4) is 0 Å². The van der Waals surface area contributed by atoms with Crippen molar-refractivity contribution in [2.75, 3.05) is 6.61 Å². The Balaban J connectivity index is 3.61. The third-order valence-electron chi connectivity index (χ3n) is 12.2. The minimum atomic E-state index is -1.26. The first-order valence-electron chi connectivity index (χ1n) is 25.6. The molecule has 0 bridgehead atoms. The van der Waals surface area contributed by atoms with Crippen molar-refractivity contribution in [1.82, 2.24) is 5.32 Å². The van der Waals surface area contributed by atoms with Crippen LogP contribution >= 0.6 is 0 Å². The second-order valence-electron chi connectivity index (χ2n) is 17.9. The van der Waals surface area contributed by atoms with E-state index in [1.807, 2.05) is 0 Å². The normalized spacial score (nSPS) is 14.0. The van der Waals surface area contributed by atoms with Crippen LogP contribution in [-0.4, -0.2) is 57.3 Å². The summed E-state index contributed by atoms with van der Waals surface area (Å²) in [4.78, 5) is 12.5. The van der Waals surface area contributed by atoms with E-state index < -0.39 is 36.9 Å². The SMILES string of the molecule is CCCCCCCCCCCCCC/C=C\CCCCCCCCCCCCCC(O)C(=O)NC(CO)C(O)C(O)CCCCCCCCCCCCCCCC. The average molecular weight is 808 g/mol. The number of aliphatic hydroxyl groups excluding tert-OH is 4. The highest BCUT2D eigenvalue weighted by atomic mass is 16.3. The maximum Gasteiger partial charge on any atom is 0.249 e. The molecule has 6 heteroatoms. The van der Waals surface area contributed by atoms with Gasteiger partial charge in [0.25, 0.3) is 0 Å². The highest BCUT2D eigenvalue weighted by Crippen LogP contribution is 2.17. The van der Waals surface area contributed by atoms with Crippen molar-refractivity contribution in [2.24, 2.45) is 0 Å². The van der Waals surface area contributed by atoms with Crippen molar-refractivity contribution in [3.8, 4) is 0 Å². The van der Waals surface area contributed by atoms with Gasteiger partial charge in [0.05, 0.1) is 18.8 Å². The fourth-order valence-electron chi connectivity index (χ4n) is 8.17. The molecule has 0 aliphatic heterocycles. The summed E-state index contributed by atoms with van der Waals surface area (Å²) >= 11 is 0. The first-order valence-corrected chi connectivity index (χ1v) is 25.6. The second kappa shape index (κ2) is 46.1. The Morgan fingerprint density at radius 3 is 1.02 bits per heavy atom. The molecule has 0 aromatic rings. The lowest BCUT2D eigenvalue weighted by Gasteiger charge is -2.27. The number of rotatable bonds is 47. The van der Waals surface area contributed by atoms with Crippen LogP contribution in [0.25, 0.3) is 0 Å². The van der Waals surface area contributed by atoms with Crippen LogP contribution in [0.15, 0.2) is 12.2 Å². The fraction of sp³-hybridized carbons (Fsp3) is 0.941. The topological polar surface area (TPSA) is 110 Å². The third kappa shape index (κ3) is 40.2. The van der Waals surface area contributed by atoms with Gasteiger partial charge in [0, 0.05) is 0 Å². The summed E-state index contributed by atoms with van der Waals surface area (Å²) in [7, 11) is 0. The van der Waals surface area contributed by atoms with Crippen LogP contribution in [-0.2, 0) is 4.79 Å². The molecule has 0 saturated carbocycles. The van der Waals surface area contributed by atoms with E-state index in [1.54, 1.807) is 0 Å². The molecule has 4 atom stereocenters. The summed E-state index contributed by atoms with van der Waals surface area (Å²) in [6.07, 6.45) is 52.6. The van der Waals surface area contributed by atoms with Gasteiger partial charge in [-0.2, -0.15) is 0 Å². The van der Waals surface area contributed by atoms with Crippen molar-refractivity contribution < 1.29 is 25.2 Å². The van der Waals surface area contributed by atoms with Gasteiger partial charge in [-0.1, -0.05) is 251 Å². The Labute approximate surface area is 355 Å². The standard InChI is InChI=1S/C51H101NO5/c1-3-5-7-9-11-13-15-17-19-20-21-22-23-24-25-26-27-28-29-30-31-33-35-37-39-41-43-45-49(55)51(57)52-47(46-53)50(56)48(54)44-42-40-38-36-34-32-18-16-14-12-10-8-6-4-2/h24-25,47-50,53-56H,3-23,26-46H2,1-2H3,(H,52,57)/b25-24-. The molecule has 0 aliphatic rings. The molecule has 0 aromatic carbocycles. The van der Waals surface area contributed by atoms with E-state index >= 15 is 0 Å². The van der Waals surface area contributed by atoms with Gasteiger partial charge in [0.15, 0.2) is 0 Å². The molecule has 0 spiro atoms. The van der Waals surface area contributed by atoms with Gasteiger partial charge in [-0.15, -0.1) is 0 Å². The zero-order valence-corrected chi connectivity index (χ0v) is 38.4. The van der Waals surface area contributed by atoms with Gasteiger partial charge in [-0.3, -0.25) is 4.79 Å². The van der Waals surface area contributed by atoms with Crippen LogP contribution < -0.4 is 5.32 Å². The maximum absolute atomic E-state index is 12.5. The molecule has 0 saturated heterocycles. The predicted molar refractivity (Wildman–Crippen MR) is 247 cm³/mol. The molecule has 0 aliphatic carbocycles. The van der Waals surface area contributed by atoms with Crippen LogP contribution in [0, 0.1) is 0 Å². The Hall–Kier alpha value is -0.950. The summed E-state index contributed by atoms with van der Waals surface area (Å²) in [5.74, 6) is -0.581. The third-order valence-corrected chi connectivity index (χ3v) is 12.2. The molecular weight excluding hydrogens is 707 g/mol. The minimum absolute atomic E-state index is 0.371. The first-order chi connectivity index (χ1) is 28.0. The molecule has 5 N–H and O–H groups in total. The van der Waals surface area contributed by atoms with Gasteiger partial charge in [0.1, 0.15) is 12.2 Å². The molecule has 340 valence electrons. The van der Waals surface area contributed by atoms with E-state index in [2.05, 4.69) is 31.3 Å². The Bertz CT molecular complexity index is 821. The lowest BCUT2D eigenvalue weighted by molar-refractivity contribution is -0.132. The van der Waals surface area contributed by atoms with Crippen molar-refractivity contribution >= 4 is 5.91 Å².